The van der Waals surface area contributed by atoms with Crippen LogP contribution >= 0.6 is 11.6 Å². The van der Waals surface area contributed by atoms with Crippen molar-refractivity contribution < 1.29 is 4.79 Å². The first kappa shape index (κ1) is 14.3. The lowest BCUT2D eigenvalue weighted by Gasteiger charge is -2.56. The zero-order valence-electron chi connectivity index (χ0n) is 12.7. The molecule has 0 radical (unpaired) electrons. The van der Waals surface area contributed by atoms with Gasteiger partial charge in [-0.25, -0.2) is 0 Å². The molecule has 0 atom stereocenters. The average Bonchev–Trinajstić information content (AvgIpc) is 2.44. The third-order valence-corrected chi connectivity index (χ3v) is 6.09. The maximum atomic E-state index is 12.4. The SMILES string of the molecule is O=C(/C=C/c1ccccc1Cl)NC12CC3CC(CC(C3)C1)C2. The molecule has 4 aliphatic carbocycles. The van der Waals surface area contributed by atoms with Gasteiger partial charge in [0.1, 0.15) is 0 Å². The molecule has 4 saturated carbocycles. The molecule has 4 fully saturated rings. The second kappa shape index (κ2) is 5.42. The highest BCUT2D eigenvalue weighted by atomic mass is 35.5. The third kappa shape index (κ3) is 2.69. The van der Waals surface area contributed by atoms with Crippen LogP contribution in [-0.4, -0.2) is 11.4 Å². The van der Waals surface area contributed by atoms with Crippen molar-refractivity contribution in [2.24, 2.45) is 17.8 Å². The summed E-state index contributed by atoms with van der Waals surface area (Å²) < 4.78 is 0. The lowest BCUT2D eigenvalue weighted by molar-refractivity contribution is -0.122. The maximum Gasteiger partial charge on any atom is 0.244 e. The van der Waals surface area contributed by atoms with E-state index in [9.17, 15) is 4.79 Å². The molecule has 22 heavy (non-hydrogen) atoms. The van der Waals surface area contributed by atoms with Gasteiger partial charge in [0, 0.05) is 16.6 Å². The van der Waals surface area contributed by atoms with Gasteiger partial charge < -0.3 is 5.32 Å². The van der Waals surface area contributed by atoms with Crippen molar-refractivity contribution in [2.75, 3.05) is 0 Å². The van der Waals surface area contributed by atoms with Crippen LogP contribution in [0.1, 0.15) is 44.1 Å². The van der Waals surface area contributed by atoms with Gasteiger partial charge in [0.25, 0.3) is 0 Å². The van der Waals surface area contributed by atoms with Crippen molar-refractivity contribution in [3.8, 4) is 0 Å². The molecule has 0 aromatic heterocycles. The number of amides is 1. The van der Waals surface area contributed by atoms with Gasteiger partial charge in [0.05, 0.1) is 0 Å². The number of carbonyl (C=O) groups is 1. The van der Waals surface area contributed by atoms with E-state index in [1.54, 1.807) is 6.08 Å². The predicted molar refractivity (Wildman–Crippen MR) is 89.5 cm³/mol. The van der Waals surface area contributed by atoms with Gasteiger partial charge in [0.15, 0.2) is 0 Å². The third-order valence-electron chi connectivity index (χ3n) is 5.75. The molecule has 4 bridgehead atoms. The second-order valence-corrected chi connectivity index (χ2v) is 7.95. The smallest absolute Gasteiger partial charge is 0.244 e. The molecule has 116 valence electrons. The van der Waals surface area contributed by atoms with Crippen molar-refractivity contribution in [1.82, 2.24) is 5.32 Å². The van der Waals surface area contributed by atoms with E-state index in [1.165, 1.54) is 38.5 Å². The highest BCUT2D eigenvalue weighted by Gasteiger charge is 2.51. The monoisotopic (exact) mass is 315 g/mol. The lowest BCUT2D eigenvalue weighted by Crippen LogP contribution is -2.59. The Morgan fingerprint density at radius 1 is 1.09 bits per heavy atom. The fourth-order valence-corrected chi connectivity index (χ4v) is 5.54. The van der Waals surface area contributed by atoms with Gasteiger partial charge in [0.2, 0.25) is 5.91 Å². The van der Waals surface area contributed by atoms with Crippen LogP contribution in [0.4, 0.5) is 0 Å². The first-order valence-corrected chi connectivity index (χ1v) is 8.74. The molecule has 1 N–H and O–H groups in total. The molecule has 2 nitrogen and oxygen atoms in total. The molecule has 0 heterocycles. The molecular weight excluding hydrogens is 294 g/mol. The summed E-state index contributed by atoms with van der Waals surface area (Å²) in [6, 6.07) is 7.60. The van der Waals surface area contributed by atoms with Crippen molar-refractivity contribution >= 4 is 23.6 Å². The Bertz CT molecular complexity index is 586. The summed E-state index contributed by atoms with van der Waals surface area (Å²) in [5, 5.41) is 4.03. The van der Waals surface area contributed by atoms with Crippen molar-refractivity contribution in [3.63, 3.8) is 0 Å². The minimum atomic E-state index is 0.0295. The van der Waals surface area contributed by atoms with Crippen molar-refractivity contribution in [1.29, 1.82) is 0 Å². The van der Waals surface area contributed by atoms with E-state index in [1.807, 2.05) is 30.3 Å². The summed E-state index contributed by atoms with van der Waals surface area (Å²) >= 11 is 6.12. The molecule has 0 unspecified atom stereocenters. The van der Waals surface area contributed by atoms with E-state index >= 15 is 0 Å². The Hall–Kier alpha value is -1.28. The Morgan fingerprint density at radius 2 is 1.68 bits per heavy atom. The highest BCUT2D eigenvalue weighted by molar-refractivity contribution is 6.32. The predicted octanol–water partition coefficient (Wildman–Crippen LogP) is 4.44. The van der Waals surface area contributed by atoms with E-state index in [0.717, 1.165) is 23.3 Å². The minimum Gasteiger partial charge on any atom is -0.347 e. The zero-order valence-corrected chi connectivity index (χ0v) is 13.5. The summed E-state index contributed by atoms with van der Waals surface area (Å²) in [6.45, 7) is 0. The topological polar surface area (TPSA) is 29.1 Å². The molecule has 3 heteroatoms. The van der Waals surface area contributed by atoms with E-state index < -0.39 is 0 Å². The number of benzene rings is 1. The van der Waals surface area contributed by atoms with Crippen LogP contribution in [0.3, 0.4) is 0 Å². The Balaban J connectivity index is 1.45. The van der Waals surface area contributed by atoms with Gasteiger partial charge in [-0.15, -0.1) is 0 Å². The number of carbonyl (C=O) groups excluding carboxylic acids is 1. The molecule has 0 saturated heterocycles. The molecule has 0 aliphatic heterocycles. The normalized spacial score (nSPS) is 36.0. The summed E-state index contributed by atoms with van der Waals surface area (Å²) in [7, 11) is 0. The largest absolute Gasteiger partial charge is 0.347 e. The van der Waals surface area contributed by atoms with Crippen LogP contribution in [0.5, 0.6) is 0 Å². The molecular formula is C19H22ClNO. The molecule has 0 spiro atoms. The van der Waals surface area contributed by atoms with Gasteiger partial charge >= 0.3 is 0 Å². The number of nitrogens with one attached hydrogen (secondary N) is 1. The van der Waals surface area contributed by atoms with Gasteiger partial charge in [-0.05, 0) is 74.0 Å². The average molecular weight is 316 g/mol. The standard InChI is InChI=1S/C19H22ClNO/c20-17-4-2-1-3-16(17)5-6-18(22)21-19-10-13-7-14(11-19)9-15(8-13)12-19/h1-6,13-15H,7-12H2,(H,21,22)/b6-5+. The number of hydrogen-bond donors (Lipinski definition) is 1. The summed E-state index contributed by atoms with van der Waals surface area (Å²) in [4.78, 5) is 12.4. The molecule has 4 aliphatic rings. The summed E-state index contributed by atoms with van der Waals surface area (Å²) in [5.41, 5.74) is 0.973. The van der Waals surface area contributed by atoms with Gasteiger partial charge in [-0.2, -0.15) is 0 Å². The van der Waals surface area contributed by atoms with E-state index in [4.69, 9.17) is 11.6 Å². The fraction of sp³-hybridized carbons (Fsp3) is 0.526. The van der Waals surface area contributed by atoms with E-state index in [-0.39, 0.29) is 11.4 Å². The van der Waals surface area contributed by atoms with Gasteiger partial charge in [-0.3, -0.25) is 4.79 Å². The van der Waals surface area contributed by atoms with Crippen LogP contribution in [-0.2, 0) is 4.79 Å². The van der Waals surface area contributed by atoms with Crippen LogP contribution in [0.15, 0.2) is 30.3 Å². The summed E-state index contributed by atoms with van der Waals surface area (Å²) in [5.74, 6) is 2.57. The Morgan fingerprint density at radius 3 is 2.27 bits per heavy atom. The van der Waals surface area contributed by atoms with Crippen LogP contribution in [0, 0.1) is 17.8 Å². The first-order valence-electron chi connectivity index (χ1n) is 8.37. The van der Waals surface area contributed by atoms with Gasteiger partial charge in [-0.1, -0.05) is 29.8 Å². The van der Waals surface area contributed by atoms with E-state index in [2.05, 4.69) is 5.32 Å². The van der Waals surface area contributed by atoms with E-state index in [0.29, 0.717) is 5.02 Å². The maximum absolute atomic E-state index is 12.4. The number of halogens is 1. The van der Waals surface area contributed by atoms with Crippen LogP contribution in [0.25, 0.3) is 6.08 Å². The second-order valence-electron chi connectivity index (χ2n) is 7.54. The molecule has 1 amide bonds. The van der Waals surface area contributed by atoms with Crippen molar-refractivity contribution in [3.05, 3.63) is 40.9 Å². The Kier molecular flexibility index (Phi) is 3.53. The number of hydrogen-bond acceptors (Lipinski definition) is 1. The zero-order chi connectivity index (χ0) is 15.2. The highest BCUT2D eigenvalue weighted by Crippen LogP contribution is 2.55. The van der Waals surface area contributed by atoms with Crippen molar-refractivity contribution in [2.45, 2.75) is 44.1 Å². The van der Waals surface area contributed by atoms with Crippen LogP contribution in [0.2, 0.25) is 5.02 Å². The van der Waals surface area contributed by atoms with Crippen LogP contribution < -0.4 is 5.32 Å². The molecule has 1 aromatic rings. The minimum absolute atomic E-state index is 0.0295. The number of rotatable bonds is 3. The molecule has 5 rings (SSSR count). The Labute approximate surface area is 136 Å². The fourth-order valence-electron chi connectivity index (χ4n) is 5.34. The lowest BCUT2D eigenvalue weighted by atomic mass is 9.53. The first-order chi connectivity index (χ1) is 10.6. The summed E-state index contributed by atoms with van der Waals surface area (Å²) in [6.07, 6.45) is 11.2. The molecule has 1 aromatic carbocycles. The quantitative estimate of drug-likeness (QED) is 0.821.